The summed E-state index contributed by atoms with van der Waals surface area (Å²) in [6.45, 7) is 6.63. The van der Waals surface area contributed by atoms with E-state index in [4.69, 9.17) is 4.74 Å². The monoisotopic (exact) mass is 340 g/mol. The van der Waals surface area contributed by atoms with Crippen molar-refractivity contribution in [1.29, 1.82) is 0 Å². The fourth-order valence-corrected chi connectivity index (χ4v) is 3.95. The molecule has 1 aromatic carbocycles. The Morgan fingerprint density at radius 2 is 2.23 bits per heavy atom. The van der Waals surface area contributed by atoms with Crippen molar-refractivity contribution in [3.05, 3.63) is 28.6 Å². The topological polar surface area (TPSA) is 41.6 Å². The predicted molar refractivity (Wildman–Crippen MR) is 93.7 cm³/mol. The van der Waals surface area contributed by atoms with Crippen molar-refractivity contribution in [2.75, 3.05) is 26.7 Å². The standard InChI is InChI=1S/C16H20N2O2S.ClH/c1-10-9-17-6-7-18(10)16(19)15-11(2)13-8-12(20-3)4-5-14(13)21-15;/h4-5,8,10,17H,6-7,9H2,1-3H3;1H. The maximum atomic E-state index is 12.8. The van der Waals surface area contributed by atoms with Gasteiger partial charge in [-0.15, -0.1) is 23.7 Å². The molecule has 3 rings (SSSR count). The van der Waals surface area contributed by atoms with Gasteiger partial charge in [-0.2, -0.15) is 0 Å². The van der Waals surface area contributed by atoms with Crippen LogP contribution in [0.1, 0.15) is 22.2 Å². The molecule has 0 aliphatic carbocycles. The van der Waals surface area contributed by atoms with E-state index in [1.54, 1.807) is 18.4 Å². The summed E-state index contributed by atoms with van der Waals surface area (Å²) >= 11 is 1.58. The summed E-state index contributed by atoms with van der Waals surface area (Å²) in [7, 11) is 1.66. The molecule has 1 aromatic heterocycles. The zero-order valence-corrected chi connectivity index (χ0v) is 14.6. The Balaban J connectivity index is 0.00000176. The van der Waals surface area contributed by atoms with Crippen LogP contribution in [0.25, 0.3) is 10.1 Å². The summed E-state index contributed by atoms with van der Waals surface area (Å²) in [5, 5.41) is 4.44. The number of carbonyl (C=O) groups excluding carboxylic acids is 1. The van der Waals surface area contributed by atoms with Crippen LogP contribution in [0.15, 0.2) is 18.2 Å². The number of hydrogen-bond acceptors (Lipinski definition) is 4. The van der Waals surface area contributed by atoms with Crippen molar-refractivity contribution < 1.29 is 9.53 Å². The molecule has 0 bridgehead atoms. The lowest BCUT2D eigenvalue weighted by Gasteiger charge is -2.33. The Labute approximate surface area is 140 Å². The van der Waals surface area contributed by atoms with Crippen LogP contribution in [0.2, 0.25) is 0 Å². The second-order valence-corrected chi connectivity index (χ2v) is 6.52. The fourth-order valence-electron chi connectivity index (χ4n) is 2.80. The molecule has 0 radical (unpaired) electrons. The molecule has 0 saturated carbocycles. The number of amides is 1. The predicted octanol–water partition coefficient (Wildman–Crippen LogP) is 3.07. The van der Waals surface area contributed by atoms with Crippen LogP contribution in [0.3, 0.4) is 0 Å². The van der Waals surface area contributed by atoms with Gasteiger partial charge in [0.05, 0.1) is 12.0 Å². The average molecular weight is 341 g/mol. The highest BCUT2D eigenvalue weighted by Crippen LogP contribution is 2.34. The number of carbonyl (C=O) groups is 1. The third-order valence-electron chi connectivity index (χ3n) is 4.10. The molecule has 1 unspecified atom stereocenters. The molecule has 120 valence electrons. The van der Waals surface area contributed by atoms with E-state index in [1.165, 1.54) is 0 Å². The van der Waals surface area contributed by atoms with Crippen molar-refractivity contribution in [2.24, 2.45) is 0 Å². The number of benzene rings is 1. The lowest BCUT2D eigenvalue weighted by Crippen LogP contribution is -2.52. The second-order valence-electron chi connectivity index (χ2n) is 5.47. The number of halogens is 1. The van der Waals surface area contributed by atoms with Gasteiger partial charge in [0, 0.05) is 30.4 Å². The molecule has 1 atom stereocenters. The van der Waals surface area contributed by atoms with E-state index in [0.717, 1.165) is 45.9 Å². The van der Waals surface area contributed by atoms with E-state index in [-0.39, 0.29) is 24.4 Å². The first-order valence-electron chi connectivity index (χ1n) is 7.20. The lowest BCUT2D eigenvalue weighted by molar-refractivity contribution is 0.0660. The molecule has 1 fully saturated rings. The number of nitrogens with zero attached hydrogens (tertiary/aromatic N) is 1. The molecule has 1 N–H and O–H groups in total. The normalized spacial score (nSPS) is 18.1. The number of piperazine rings is 1. The Morgan fingerprint density at radius 3 is 2.91 bits per heavy atom. The van der Waals surface area contributed by atoms with E-state index in [1.807, 2.05) is 30.0 Å². The number of hydrogen-bond donors (Lipinski definition) is 1. The van der Waals surface area contributed by atoms with Crippen LogP contribution in [-0.4, -0.2) is 43.6 Å². The van der Waals surface area contributed by atoms with Gasteiger partial charge in [-0.05, 0) is 43.0 Å². The molecular weight excluding hydrogens is 320 g/mol. The van der Waals surface area contributed by atoms with E-state index >= 15 is 0 Å². The molecule has 0 spiro atoms. The molecule has 2 heterocycles. The first-order valence-corrected chi connectivity index (χ1v) is 8.02. The van der Waals surface area contributed by atoms with Gasteiger partial charge in [-0.1, -0.05) is 0 Å². The Bertz CT molecular complexity index is 686. The summed E-state index contributed by atoms with van der Waals surface area (Å²) in [6.07, 6.45) is 0. The van der Waals surface area contributed by atoms with E-state index in [0.29, 0.717) is 0 Å². The molecule has 1 aliphatic rings. The highest BCUT2D eigenvalue weighted by atomic mass is 35.5. The van der Waals surface area contributed by atoms with Crippen molar-refractivity contribution in [2.45, 2.75) is 19.9 Å². The summed E-state index contributed by atoms with van der Waals surface area (Å²) < 4.78 is 6.42. The van der Waals surface area contributed by atoms with Gasteiger partial charge in [0.25, 0.3) is 5.91 Å². The smallest absolute Gasteiger partial charge is 0.264 e. The number of methoxy groups -OCH3 is 1. The Kier molecular flexibility index (Phi) is 5.32. The largest absolute Gasteiger partial charge is 0.497 e. The number of aryl methyl sites for hydroxylation is 1. The molecule has 1 amide bonds. The van der Waals surface area contributed by atoms with Gasteiger partial charge in [0.15, 0.2) is 0 Å². The molecule has 1 aliphatic heterocycles. The molecule has 4 nitrogen and oxygen atoms in total. The molecule has 2 aromatic rings. The number of rotatable bonds is 2. The minimum atomic E-state index is 0. The SMILES string of the molecule is COc1ccc2sc(C(=O)N3CCNCC3C)c(C)c2c1.Cl. The van der Waals surface area contributed by atoms with E-state index in [9.17, 15) is 4.79 Å². The maximum absolute atomic E-state index is 12.8. The third-order valence-corrected chi connectivity index (χ3v) is 5.36. The first kappa shape index (κ1) is 17.1. The zero-order valence-electron chi connectivity index (χ0n) is 13.0. The zero-order chi connectivity index (χ0) is 15.0. The number of fused-ring (bicyclic) bond motifs is 1. The molecule has 22 heavy (non-hydrogen) atoms. The van der Waals surface area contributed by atoms with Crippen LogP contribution >= 0.6 is 23.7 Å². The van der Waals surface area contributed by atoms with Crippen molar-refractivity contribution in [1.82, 2.24) is 10.2 Å². The summed E-state index contributed by atoms with van der Waals surface area (Å²) in [5.74, 6) is 0.986. The highest BCUT2D eigenvalue weighted by Gasteiger charge is 2.27. The first-order chi connectivity index (χ1) is 10.1. The molecular formula is C16H21ClN2O2S. The summed E-state index contributed by atoms with van der Waals surface area (Å²) in [4.78, 5) is 15.7. The number of thiophene rings is 1. The second kappa shape index (κ2) is 6.86. The molecule has 6 heteroatoms. The summed E-state index contributed by atoms with van der Waals surface area (Å²) in [5.41, 5.74) is 1.06. The van der Waals surface area contributed by atoms with Crippen molar-refractivity contribution in [3.63, 3.8) is 0 Å². The average Bonchev–Trinajstić information content (AvgIpc) is 2.83. The van der Waals surface area contributed by atoms with Crippen LogP contribution in [0.4, 0.5) is 0 Å². The minimum absolute atomic E-state index is 0. The Morgan fingerprint density at radius 1 is 1.45 bits per heavy atom. The lowest BCUT2D eigenvalue weighted by atomic mass is 10.1. The maximum Gasteiger partial charge on any atom is 0.264 e. The highest BCUT2D eigenvalue weighted by molar-refractivity contribution is 7.21. The van der Waals surface area contributed by atoms with Crippen LogP contribution in [-0.2, 0) is 0 Å². The minimum Gasteiger partial charge on any atom is -0.497 e. The van der Waals surface area contributed by atoms with E-state index < -0.39 is 0 Å². The van der Waals surface area contributed by atoms with Gasteiger partial charge >= 0.3 is 0 Å². The Hall–Kier alpha value is -1.30. The van der Waals surface area contributed by atoms with Gasteiger partial charge in [0.1, 0.15) is 5.75 Å². The van der Waals surface area contributed by atoms with E-state index in [2.05, 4.69) is 12.2 Å². The number of ether oxygens (including phenoxy) is 1. The quantitative estimate of drug-likeness (QED) is 0.913. The van der Waals surface area contributed by atoms with Gasteiger partial charge in [-0.25, -0.2) is 0 Å². The van der Waals surface area contributed by atoms with Crippen molar-refractivity contribution in [3.8, 4) is 5.75 Å². The number of nitrogens with one attached hydrogen (secondary N) is 1. The van der Waals surface area contributed by atoms with Crippen LogP contribution in [0.5, 0.6) is 5.75 Å². The van der Waals surface area contributed by atoms with Crippen molar-refractivity contribution >= 4 is 39.7 Å². The fraction of sp³-hybridized carbons (Fsp3) is 0.438. The van der Waals surface area contributed by atoms with Gasteiger partial charge in [0.2, 0.25) is 0 Å². The van der Waals surface area contributed by atoms with Gasteiger partial charge in [-0.3, -0.25) is 4.79 Å². The third kappa shape index (κ3) is 2.93. The van der Waals surface area contributed by atoms with Gasteiger partial charge < -0.3 is 15.0 Å². The van der Waals surface area contributed by atoms with Crippen LogP contribution in [0, 0.1) is 6.92 Å². The van der Waals surface area contributed by atoms with Crippen LogP contribution < -0.4 is 10.1 Å². The molecule has 1 saturated heterocycles. The summed E-state index contributed by atoms with van der Waals surface area (Å²) in [6, 6.07) is 6.23.